The van der Waals surface area contributed by atoms with Crippen molar-refractivity contribution in [3.63, 3.8) is 0 Å². The largest absolute Gasteiger partial charge is 0.497 e. The van der Waals surface area contributed by atoms with Gasteiger partial charge in [0.2, 0.25) is 5.91 Å². The smallest absolute Gasteiger partial charge is 0.264 e. The first-order valence-electron chi connectivity index (χ1n) is 10.3. The number of nitrogens with one attached hydrogen (secondary N) is 2. The molecule has 0 saturated heterocycles. The average molecular weight is 515 g/mol. The first-order valence-corrected chi connectivity index (χ1v) is 12.1. The number of anilines is 2. The normalized spacial score (nSPS) is 11.2. The number of hydrogen-bond donors (Lipinski definition) is 2. The summed E-state index contributed by atoms with van der Waals surface area (Å²) in [7, 11) is -2.65. The second-order valence-electron chi connectivity index (χ2n) is 7.26. The maximum absolute atomic E-state index is 13.5. The van der Waals surface area contributed by atoms with E-state index in [1.165, 1.54) is 56.6 Å². The predicted molar refractivity (Wildman–Crippen MR) is 135 cm³/mol. The molecule has 3 aromatic carbocycles. The number of halogens is 1. The minimum absolute atomic E-state index is 0.0557. The summed E-state index contributed by atoms with van der Waals surface area (Å²) in [6, 6.07) is 18.7. The van der Waals surface area contributed by atoms with Gasteiger partial charge in [0.1, 0.15) is 12.3 Å². The number of carbonyl (C=O) groups excluding carboxylic acids is 2. The summed E-state index contributed by atoms with van der Waals surface area (Å²) in [6.45, 7) is 0.824. The Hall–Kier alpha value is -3.89. The highest BCUT2D eigenvalue weighted by molar-refractivity contribution is 7.92. The molecular weight excluding hydrogens is 492 g/mol. The Labute approximate surface area is 208 Å². The van der Waals surface area contributed by atoms with Crippen molar-refractivity contribution in [2.24, 2.45) is 5.10 Å². The Bertz CT molecular complexity index is 1310. The third-order valence-corrected chi connectivity index (χ3v) is 6.72. The molecular formula is C24H23ClN4O5S. The molecule has 0 aliphatic rings. The van der Waals surface area contributed by atoms with Gasteiger partial charge in [-0.3, -0.25) is 13.9 Å². The number of ether oxygens (including phenoxy) is 1. The van der Waals surface area contributed by atoms with E-state index in [0.29, 0.717) is 22.0 Å². The lowest BCUT2D eigenvalue weighted by Crippen LogP contribution is -2.39. The van der Waals surface area contributed by atoms with Crippen LogP contribution in [0.15, 0.2) is 82.8 Å². The third kappa shape index (κ3) is 7.05. The Morgan fingerprint density at radius 1 is 1.00 bits per heavy atom. The second-order valence-corrected chi connectivity index (χ2v) is 9.56. The molecule has 0 fully saturated rings. The van der Waals surface area contributed by atoms with Crippen LogP contribution in [-0.2, 0) is 19.6 Å². The molecule has 3 aromatic rings. The highest BCUT2D eigenvalue weighted by atomic mass is 35.5. The van der Waals surface area contributed by atoms with Gasteiger partial charge in [-0.15, -0.1) is 0 Å². The fourth-order valence-corrected chi connectivity index (χ4v) is 4.54. The zero-order valence-corrected chi connectivity index (χ0v) is 20.5. The average Bonchev–Trinajstić information content (AvgIpc) is 2.84. The molecule has 182 valence electrons. The Kier molecular flexibility index (Phi) is 8.45. The third-order valence-electron chi connectivity index (χ3n) is 4.68. The van der Waals surface area contributed by atoms with Crippen molar-refractivity contribution < 1.29 is 22.7 Å². The van der Waals surface area contributed by atoms with Crippen molar-refractivity contribution in [1.29, 1.82) is 0 Å². The molecule has 2 N–H and O–H groups in total. The Morgan fingerprint density at radius 3 is 2.20 bits per heavy atom. The van der Waals surface area contributed by atoms with E-state index in [-0.39, 0.29) is 16.5 Å². The van der Waals surface area contributed by atoms with Crippen molar-refractivity contribution in [1.82, 2.24) is 5.43 Å². The van der Waals surface area contributed by atoms with Gasteiger partial charge in [-0.25, -0.2) is 13.8 Å². The number of carbonyl (C=O) groups is 2. The van der Waals surface area contributed by atoms with Gasteiger partial charge in [0.05, 0.1) is 23.9 Å². The summed E-state index contributed by atoms with van der Waals surface area (Å²) < 4.78 is 33.0. The molecule has 3 rings (SSSR count). The van der Waals surface area contributed by atoms with Crippen molar-refractivity contribution in [2.45, 2.75) is 11.8 Å². The monoisotopic (exact) mass is 514 g/mol. The highest BCUT2D eigenvalue weighted by Crippen LogP contribution is 2.26. The molecule has 0 bridgehead atoms. The number of nitrogens with zero attached hydrogens (tertiary/aromatic N) is 2. The van der Waals surface area contributed by atoms with E-state index in [0.717, 1.165) is 4.31 Å². The zero-order chi connectivity index (χ0) is 25.4. The van der Waals surface area contributed by atoms with E-state index in [1.807, 2.05) is 0 Å². The Morgan fingerprint density at radius 2 is 1.63 bits per heavy atom. The van der Waals surface area contributed by atoms with E-state index in [9.17, 15) is 18.0 Å². The minimum Gasteiger partial charge on any atom is -0.497 e. The molecule has 9 nitrogen and oxygen atoms in total. The molecule has 0 aliphatic heterocycles. The van der Waals surface area contributed by atoms with Gasteiger partial charge in [0.25, 0.3) is 15.9 Å². The van der Waals surface area contributed by atoms with Gasteiger partial charge >= 0.3 is 0 Å². The van der Waals surface area contributed by atoms with Crippen LogP contribution in [0.4, 0.5) is 11.4 Å². The summed E-state index contributed by atoms with van der Waals surface area (Å²) in [5.74, 6) is -0.400. The van der Waals surface area contributed by atoms with Crippen LogP contribution in [0.3, 0.4) is 0 Å². The SMILES string of the molecule is COc1ccc(N(CC(=O)N/N=C\c2ccc(Cl)cc2)S(=O)(=O)c2ccc(NC(C)=O)cc2)cc1. The summed E-state index contributed by atoms with van der Waals surface area (Å²) in [6.07, 6.45) is 1.42. The topological polar surface area (TPSA) is 117 Å². The second kappa shape index (κ2) is 11.5. The van der Waals surface area contributed by atoms with E-state index in [4.69, 9.17) is 16.3 Å². The molecule has 2 amide bonds. The number of benzene rings is 3. The first-order chi connectivity index (χ1) is 16.7. The van der Waals surface area contributed by atoms with Gasteiger partial charge in [-0.05, 0) is 66.2 Å². The molecule has 0 saturated carbocycles. The van der Waals surface area contributed by atoms with E-state index in [2.05, 4.69) is 15.8 Å². The van der Waals surface area contributed by atoms with Crippen molar-refractivity contribution >= 4 is 51.0 Å². The molecule has 0 unspecified atom stereocenters. The first kappa shape index (κ1) is 25.7. The van der Waals surface area contributed by atoms with Gasteiger partial charge < -0.3 is 10.1 Å². The summed E-state index contributed by atoms with van der Waals surface area (Å²) in [5.41, 5.74) is 3.75. The minimum atomic E-state index is -4.14. The standard InChI is InChI=1S/C24H23ClN4O5S/c1-17(30)27-20-7-13-23(14-8-20)35(32,33)29(21-9-11-22(34-2)12-10-21)16-24(31)28-26-15-18-3-5-19(25)6-4-18/h3-15H,16H2,1-2H3,(H,27,30)(H,28,31)/b26-15-. The maximum Gasteiger partial charge on any atom is 0.264 e. The van der Waals surface area contributed by atoms with Crippen LogP contribution in [0.5, 0.6) is 5.75 Å². The van der Waals surface area contributed by atoms with E-state index >= 15 is 0 Å². The van der Waals surface area contributed by atoms with Crippen molar-refractivity contribution in [3.05, 3.63) is 83.4 Å². The number of amides is 2. The molecule has 0 spiro atoms. The lowest BCUT2D eigenvalue weighted by molar-refractivity contribution is -0.119. The maximum atomic E-state index is 13.5. The molecule has 35 heavy (non-hydrogen) atoms. The molecule has 0 aromatic heterocycles. The summed E-state index contributed by atoms with van der Waals surface area (Å²) in [4.78, 5) is 23.8. The van der Waals surface area contributed by atoms with Crippen LogP contribution in [0.2, 0.25) is 5.02 Å². The fourth-order valence-electron chi connectivity index (χ4n) is 3.00. The van der Waals surface area contributed by atoms with Crippen LogP contribution in [0.25, 0.3) is 0 Å². The number of hydrazone groups is 1. The van der Waals surface area contributed by atoms with Crippen molar-refractivity contribution in [3.8, 4) is 5.75 Å². The van der Waals surface area contributed by atoms with E-state index < -0.39 is 22.5 Å². The number of hydrogen-bond acceptors (Lipinski definition) is 6. The number of methoxy groups -OCH3 is 1. The van der Waals surface area contributed by atoms with Gasteiger partial charge in [0.15, 0.2) is 0 Å². The molecule has 11 heteroatoms. The van der Waals surface area contributed by atoms with E-state index in [1.54, 1.807) is 36.4 Å². The van der Waals surface area contributed by atoms with Crippen LogP contribution in [-0.4, -0.2) is 40.1 Å². The number of rotatable bonds is 9. The molecule has 0 heterocycles. The quantitative estimate of drug-likeness (QED) is 0.334. The molecule has 0 atom stereocenters. The number of sulfonamides is 1. The zero-order valence-electron chi connectivity index (χ0n) is 18.9. The molecule has 0 aliphatic carbocycles. The van der Waals surface area contributed by atoms with Gasteiger partial charge in [-0.2, -0.15) is 5.10 Å². The highest BCUT2D eigenvalue weighted by Gasteiger charge is 2.27. The van der Waals surface area contributed by atoms with Crippen molar-refractivity contribution in [2.75, 3.05) is 23.3 Å². The Balaban J connectivity index is 1.84. The summed E-state index contributed by atoms with van der Waals surface area (Å²) in [5, 5.41) is 7.04. The predicted octanol–water partition coefficient (Wildman–Crippen LogP) is 3.65. The van der Waals surface area contributed by atoms with Gasteiger partial charge in [0, 0.05) is 17.6 Å². The lowest BCUT2D eigenvalue weighted by atomic mass is 10.2. The summed E-state index contributed by atoms with van der Waals surface area (Å²) >= 11 is 5.85. The molecule has 0 radical (unpaired) electrons. The van der Waals surface area contributed by atoms with Crippen LogP contribution in [0.1, 0.15) is 12.5 Å². The lowest BCUT2D eigenvalue weighted by Gasteiger charge is -2.24. The van der Waals surface area contributed by atoms with Crippen LogP contribution < -0.4 is 19.8 Å². The fraction of sp³-hybridized carbons (Fsp3) is 0.125. The van der Waals surface area contributed by atoms with Gasteiger partial charge in [-0.1, -0.05) is 23.7 Å². The van der Waals surface area contributed by atoms with Crippen LogP contribution in [0, 0.1) is 0 Å². The van der Waals surface area contributed by atoms with Crippen LogP contribution >= 0.6 is 11.6 Å².